The summed E-state index contributed by atoms with van der Waals surface area (Å²) in [6, 6.07) is 12.8. The fourth-order valence-corrected chi connectivity index (χ4v) is 3.54. The fraction of sp³-hybridized carbons (Fsp3) is 0.167. The van der Waals surface area contributed by atoms with Crippen LogP contribution in [0.3, 0.4) is 0 Å². The molecule has 25 heavy (non-hydrogen) atoms. The van der Waals surface area contributed by atoms with Gasteiger partial charge in [0.1, 0.15) is 5.82 Å². The van der Waals surface area contributed by atoms with Crippen molar-refractivity contribution in [1.29, 1.82) is 0 Å². The summed E-state index contributed by atoms with van der Waals surface area (Å²) in [5, 5.41) is 5.74. The Hall–Kier alpha value is -2.80. The van der Waals surface area contributed by atoms with Crippen molar-refractivity contribution in [3.05, 3.63) is 53.9 Å². The number of carbonyl (C=O) groups excluding carboxylic acids is 2. The summed E-state index contributed by atoms with van der Waals surface area (Å²) in [6.07, 6.45) is 0. The van der Waals surface area contributed by atoms with Crippen molar-refractivity contribution in [1.82, 2.24) is 15.3 Å². The van der Waals surface area contributed by atoms with Crippen LogP contribution in [0.5, 0.6) is 0 Å². The van der Waals surface area contributed by atoms with Crippen LogP contribution in [0.15, 0.2) is 47.4 Å². The quantitative estimate of drug-likeness (QED) is 0.676. The van der Waals surface area contributed by atoms with Gasteiger partial charge >= 0.3 is 0 Å². The summed E-state index contributed by atoms with van der Waals surface area (Å²) >= 11 is 1.47. The van der Waals surface area contributed by atoms with Crippen molar-refractivity contribution >= 4 is 40.3 Å². The van der Waals surface area contributed by atoms with Gasteiger partial charge in [-0.15, -0.1) is 11.8 Å². The molecule has 0 saturated carbocycles. The van der Waals surface area contributed by atoms with E-state index >= 15 is 0 Å². The van der Waals surface area contributed by atoms with E-state index in [4.69, 9.17) is 0 Å². The number of aromatic amines is 1. The maximum atomic E-state index is 12.5. The molecule has 0 spiro atoms. The average molecular weight is 352 g/mol. The Kier molecular flexibility index (Phi) is 3.93. The highest BCUT2D eigenvalue weighted by atomic mass is 32.2. The number of amides is 2. The molecule has 3 N–H and O–H groups in total. The largest absolute Gasteiger partial charge is 0.342 e. The standard InChI is InChI=1S/C18H16N4O2S/c1-10(17-21-12-4-2-3-5-13(12)22-17)19-18(24)11-6-7-15-14(8-11)20-16(23)9-25-15/h2-8,10H,9H2,1H3,(H,19,24)(H,20,23)(H,21,22)/t10-/m0/s1. The number of para-hydroxylation sites is 2. The molecule has 0 saturated heterocycles. The minimum Gasteiger partial charge on any atom is -0.342 e. The number of anilines is 1. The summed E-state index contributed by atoms with van der Waals surface area (Å²) in [5.74, 6) is 0.851. The zero-order valence-corrected chi connectivity index (χ0v) is 14.3. The van der Waals surface area contributed by atoms with Crippen LogP contribution >= 0.6 is 11.8 Å². The van der Waals surface area contributed by atoms with E-state index in [1.807, 2.05) is 37.3 Å². The van der Waals surface area contributed by atoms with Crippen LogP contribution in [0.2, 0.25) is 0 Å². The molecule has 4 rings (SSSR count). The highest BCUT2D eigenvalue weighted by Crippen LogP contribution is 2.32. The third kappa shape index (κ3) is 3.10. The third-order valence-electron chi connectivity index (χ3n) is 4.04. The number of carbonyl (C=O) groups is 2. The van der Waals surface area contributed by atoms with Crippen molar-refractivity contribution in [3.63, 3.8) is 0 Å². The number of hydrogen-bond acceptors (Lipinski definition) is 4. The Morgan fingerprint density at radius 3 is 2.96 bits per heavy atom. The second-order valence-electron chi connectivity index (χ2n) is 5.88. The molecule has 1 aliphatic heterocycles. The number of aromatic nitrogens is 2. The van der Waals surface area contributed by atoms with Crippen LogP contribution in [0, 0.1) is 0 Å². The monoisotopic (exact) mass is 352 g/mol. The molecule has 7 heteroatoms. The molecule has 1 aliphatic rings. The van der Waals surface area contributed by atoms with Gasteiger partial charge in [0, 0.05) is 10.5 Å². The van der Waals surface area contributed by atoms with Gasteiger partial charge in [0.05, 0.1) is 28.5 Å². The lowest BCUT2D eigenvalue weighted by molar-refractivity contribution is -0.113. The van der Waals surface area contributed by atoms with Gasteiger partial charge in [0.2, 0.25) is 5.91 Å². The lowest BCUT2D eigenvalue weighted by Gasteiger charge is -2.17. The van der Waals surface area contributed by atoms with Crippen molar-refractivity contribution < 1.29 is 9.59 Å². The second kappa shape index (κ2) is 6.25. The van der Waals surface area contributed by atoms with E-state index in [1.54, 1.807) is 12.1 Å². The first-order valence-electron chi connectivity index (χ1n) is 7.92. The molecule has 6 nitrogen and oxygen atoms in total. The Balaban J connectivity index is 1.53. The molecule has 0 fully saturated rings. The number of H-pyrrole nitrogens is 1. The number of fused-ring (bicyclic) bond motifs is 2. The first-order chi connectivity index (χ1) is 12.1. The molecule has 2 heterocycles. The van der Waals surface area contributed by atoms with E-state index < -0.39 is 0 Å². The summed E-state index contributed by atoms with van der Waals surface area (Å²) < 4.78 is 0. The molecule has 0 aliphatic carbocycles. The Morgan fingerprint density at radius 2 is 2.12 bits per heavy atom. The highest BCUT2D eigenvalue weighted by Gasteiger charge is 2.19. The number of rotatable bonds is 3. The zero-order valence-electron chi connectivity index (χ0n) is 13.5. The van der Waals surface area contributed by atoms with E-state index in [0.29, 0.717) is 22.8 Å². The van der Waals surface area contributed by atoms with Gasteiger partial charge in [-0.1, -0.05) is 12.1 Å². The molecule has 126 valence electrons. The number of nitrogens with zero attached hydrogens (tertiary/aromatic N) is 1. The van der Waals surface area contributed by atoms with Crippen LogP contribution in [0.4, 0.5) is 5.69 Å². The van der Waals surface area contributed by atoms with Gasteiger partial charge in [0.15, 0.2) is 0 Å². The molecule has 0 bridgehead atoms. The number of nitrogens with one attached hydrogen (secondary N) is 3. The number of hydrogen-bond donors (Lipinski definition) is 3. The first kappa shape index (κ1) is 15.7. The molecule has 0 radical (unpaired) electrons. The average Bonchev–Trinajstić information content (AvgIpc) is 3.05. The van der Waals surface area contributed by atoms with Gasteiger partial charge in [-0.05, 0) is 37.3 Å². The summed E-state index contributed by atoms with van der Waals surface area (Å²) in [4.78, 5) is 32.8. The van der Waals surface area contributed by atoms with Crippen molar-refractivity contribution in [2.24, 2.45) is 0 Å². The van der Waals surface area contributed by atoms with Crippen molar-refractivity contribution in [3.8, 4) is 0 Å². The number of benzene rings is 2. The first-order valence-corrected chi connectivity index (χ1v) is 8.91. The Labute approximate surface area is 148 Å². The molecule has 0 unspecified atom stereocenters. The summed E-state index contributed by atoms with van der Waals surface area (Å²) in [5.41, 5.74) is 2.99. The molecule has 3 aromatic rings. The summed E-state index contributed by atoms with van der Waals surface area (Å²) in [6.45, 7) is 1.88. The van der Waals surface area contributed by atoms with Crippen LogP contribution in [0.1, 0.15) is 29.1 Å². The predicted molar refractivity (Wildman–Crippen MR) is 97.8 cm³/mol. The van der Waals surface area contributed by atoms with E-state index in [0.717, 1.165) is 15.9 Å². The summed E-state index contributed by atoms with van der Waals surface area (Å²) in [7, 11) is 0. The SMILES string of the molecule is C[C@H](NC(=O)c1ccc2c(c1)NC(=O)CS2)c1nc2ccccc2[nH]1. The van der Waals surface area contributed by atoms with Gasteiger partial charge in [0.25, 0.3) is 5.91 Å². The van der Waals surface area contributed by atoms with E-state index in [2.05, 4.69) is 20.6 Å². The minimum atomic E-state index is -0.264. The van der Waals surface area contributed by atoms with Gasteiger partial charge < -0.3 is 15.6 Å². The molecule has 2 aromatic carbocycles. The molecule has 2 amide bonds. The number of thioether (sulfide) groups is 1. The predicted octanol–water partition coefficient (Wildman–Crippen LogP) is 3.10. The van der Waals surface area contributed by atoms with E-state index in [-0.39, 0.29) is 17.9 Å². The maximum Gasteiger partial charge on any atom is 0.251 e. The van der Waals surface area contributed by atoms with Gasteiger partial charge in [-0.25, -0.2) is 4.98 Å². The fourth-order valence-electron chi connectivity index (χ4n) is 2.75. The van der Waals surface area contributed by atoms with Crippen LogP contribution in [-0.2, 0) is 4.79 Å². The van der Waals surface area contributed by atoms with E-state index in [9.17, 15) is 9.59 Å². The number of imidazole rings is 1. The Morgan fingerprint density at radius 1 is 1.28 bits per heavy atom. The van der Waals surface area contributed by atoms with Crippen molar-refractivity contribution in [2.75, 3.05) is 11.1 Å². The van der Waals surface area contributed by atoms with Crippen molar-refractivity contribution in [2.45, 2.75) is 17.9 Å². The van der Waals surface area contributed by atoms with Crippen LogP contribution < -0.4 is 10.6 Å². The smallest absolute Gasteiger partial charge is 0.251 e. The molecular weight excluding hydrogens is 336 g/mol. The highest BCUT2D eigenvalue weighted by molar-refractivity contribution is 8.00. The maximum absolute atomic E-state index is 12.5. The van der Waals surface area contributed by atoms with Crippen LogP contribution in [0.25, 0.3) is 11.0 Å². The van der Waals surface area contributed by atoms with E-state index in [1.165, 1.54) is 11.8 Å². The second-order valence-corrected chi connectivity index (χ2v) is 6.90. The molecule has 1 atom stereocenters. The lowest BCUT2D eigenvalue weighted by Crippen LogP contribution is -2.27. The topological polar surface area (TPSA) is 86.9 Å². The minimum absolute atomic E-state index is 0.0503. The molecule has 1 aromatic heterocycles. The third-order valence-corrected chi connectivity index (χ3v) is 5.11. The molecular formula is C18H16N4O2S. The zero-order chi connectivity index (χ0) is 17.4. The lowest BCUT2D eigenvalue weighted by atomic mass is 10.1. The Bertz CT molecular complexity index is 949. The van der Waals surface area contributed by atoms with Crippen LogP contribution in [-0.4, -0.2) is 27.5 Å². The van der Waals surface area contributed by atoms with Gasteiger partial charge in [-0.3, -0.25) is 9.59 Å². The van der Waals surface area contributed by atoms with Gasteiger partial charge in [-0.2, -0.15) is 0 Å². The normalized spacial score (nSPS) is 14.7.